The van der Waals surface area contributed by atoms with Crippen LogP contribution in [0.2, 0.25) is 0 Å². The van der Waals surface area contributed by atoms with Gasteiger partial charge in [0.25, 0.3) is 0 Å². The predicted molar refractivity (Wildman–Crippen MR) is 112 cm³/mol. The number of primary amides is 1. The Morgan fingerprint density at radius 3 is 2.50 bits per heavy atom. The third-order valence-corrected chi connectivity index (χ3v) is 4.93. The van der Waals surface area contributed by atoms with Crippen molar-refractivity contribution >= 4 is 5.91 Å². The summed E-state index contributed by atoms with van der Waals surface area (Å²) in [6, 6.07) is 20.6. The molecule has 0 bridgehead atoms. The van der Waals surface area contributed by atoms with E-state index in [2.05, 4.69) is 4.98 Å². The summed E-state index contributed by atoms with van der Waals surface area (Å²) >= 11 is 0. The number of aryl methyl sites for hydroxylation is 1. The number of benzene rings is 2. The molecule has 1 aliphatic rings. The van der Waals surface area contributed by atoms with Gasteiger partial charge in [-0.1, -0.05) is 18.2 Å². The van der Waals surface area contributed by atoms with Crippen LogP contribution >= 0.6 is 0 Å². The molecule has 0 radical (unpaired) electrons. The van der Waals surface area contributed by atoms with Crippen molar-refractivity contribution in [2.24, 2.45) is 5.73 Å². The second kappa shape index (κ2) is 7.04. The van der Waals surface area contributed by atoms with Gasteiger partial charge in [0, 0.05) is 22.4 Å². The number of hydrogen-bond donors (Lipinski definition) is 1. The highest BCUT2D eigenvalue weighted by Crippen LogP contribution is 2.37. The molecule has 5 rings (SSSR count). The lowest BCUT2D eigenvalue weighted by Gasteiger charge is -2.08. The summed E-state index contributed by atoms with van der Waals surface area (Å²) in [5, 5.41) is 4.80. The molecule has 0 fully saturated rings. The third kappa shape index (κ3) is 3.16. The van der Waals surface area contributed by atoms with E-state index >= 15 is 0 Å². The number of hydrogen-bond acceptors (Lipinski definition) is 5. The van der Waals surface area contributed by atoms with E-state index < -0.39 is 5.91 Å². The fraction of sp³-hybridized carbons (Fsp3) is 0.0870. The fourth-order valence-electron chi connectivity index (χ4n) is 3.41. The Bertz CT molecular complexity index is 1260. The summed E-state index contributed by atoms with van der Waals surface area (Å²) in [4.78, 5) is 16.0. The molecule has 1 aliphatic heterocycles. The van der Waals surface area contributed by atoms with Gasteiger partial charge >= 0.3 is 0 Å². The number of ether oxygens (including phenoxy) is 2. The van der Waals surface area contributed by atoms with Crippen LogP contribution in [0.25, 0.3) is 28.3 Å². The van der Waals surface area contributed by atoms with Crippen molar-refractivity contribution in [2.75, 3.05) is 6.79 Å². The maximum absolute atomic E-state index is 11.4. The first-order valence-electron chi connectivity index (χ1n) is 9.43. The van der Waals surface area contributed by atoms with Gasteiger partial charge in [-0.05, 0) is 55.5 Å². The normalized spacial score (nSPS) is 12.2. The van der Waals surface area contributed by atoms with E-state index in [9.17, 15) is 4.79 Å². The van der Waals surface area contributed by atoms with Crippen molar-refractivity contribution in [3.63, 3.8) is 0 Å². The van der Waals surface area contributed by atoms with Gasteiger partial charge in [-0.25, -0.2) is 9.67 Å². The van der Waals surface area contributed by atoms with E-state index in [1.807, 2.05) is 66.2 Å². The van der Waals surface area contributed by atoms with E-state index in [1.165, 1.54) is 0 Å². The highest BCUT2D eigenvalue weighted by atomic mass is 16.7. The minimum Gasteiger partial charge on any atom is -0.454 e. The quantitative estimate of drug-likeness (QED) is 0.565. The molecule has 2 aromatic heterocycles. The molecule has 4 aromatic rings. The summed E-state index contributed by atoms with van der Waals surface area (Å²) in [6.45, 7) is 2.16. The van der Waals surface area contributed by atoms with Crippen LogP contribution in [-0.2, 0) is 0 Å². The maximum atomic E-state index is 11.4. The molecule has 2 aromatic carbocycles. The predicted octanol–water partition coefficient (Wildman–Crippen LogP) is 3.74. The first kappa shape index (κ1) is 17.9. The van der Waals surface area contributed by atoms with Crippen LogP contribution in [0.3, 0.4) is 0 Å². The molecule has 30 heavy (non-hydrogen) atoms. The van der Waals surface area contributed by atoms with Gasteiger partial charge in [0.2, 0.25) is 12.7 Å². The average Bonchev–Trinajstić information content (AvgIpc) is 3.40. The molecule has 0 spiro atoms. The Labute approximate surface area is 172 Å². The van der Waals surface area contributed by atoms with Crippen molar-refractivity contribution in [1.82, 2.24) is 14.8 Å². The molecule has 7 nitrogen and oxygen atoms in total. The highest BCUT2D eigenvalue weighted by molar-refractivity contribution is 5.93. The highest BCUT2D eigenvalue weighted by Gasteiger charge is 2.19. The van der Waals surface area contributed by atoms with Crippen molar-refractivity contribution < 1.29 is 14.3 Å². The molecule has 0 aliphatic carbocycles. The van der Waals surface area contributed by atoms with Gasteiger partial charge in [0.1, 0.15) is 0 Å². The first-order valence-corrected chi connectivity index (χ1v) is 9.43. The molecule has 3 heterocycles. The second-order valence-corrected chi connectivity index (χ2v) is 6.97. The van der Waals surface area contributed by atoms with E-state index in [1.54, 1.807) is 12.1 Å². The minimum atomic E-state index is -0.461. The molecule has 0 saturated heterocycles. The third-order valence-electron chi connectivity index (χ3n) is 4.93. The lowest BCUT2D eigenvalue weighted by molar-refractivity contribution is 0.100. The summed E-state index contributed by atoms with van der Waals surface area (Å²) in [7, 11) is 0. The van der Waals surface area contributed by atoms with Crippen LogP contribution in [0, 0.1) is 6.92 Å². The Morgan fingerprint density at radius 1 is 0.967 bits per heavy atom. The minimum absolute atomic E-state index is 0.217. The van der Waals surface area contributed by atoms with Gasteiger partial charge in [-0.3, -0.25) is 4.79 Å². The zero-order chi connectivity index (χ0) is 20.7. The molecular formula is C23H18N4O3. The Morgan fingerprint density at radius 2 is 1.73 bits per heavy atom. The van der Waals surface area contributed by atoms with Crippen LogP contribution in [0.5, 0.6) is 11.5 Å². The van der Waals surface area contributed by atoms with Crippen molar-refractivity contribution in [1.29, 1.82) is 0 Å². The first-order chi connectivity index (χ1) is 14.6. The van der Waals surface area contributed by atoms with Crippen molar-refractivity contribution in [2.45, 2.75) is 6.92 Å². The number of carbonyl (C=O) groups is 1. The molecule has 1 amide bonds. The van der Waals surface area contributed by atoms with Gasteiger partial charge < -0.3 is 15.2 Å². The lowest BCUT2D eigenvalue weighted by atomic mass is 10.1. The number of rotatable bonds is 4. The standard InChI is InChI=1S/C23H18N4O3/c1-14-3-2-4-22(25-14)27-19(17-9-10-20-21(11-17)30-13-29-20)12-18(26-27)15-5-7-16(8-6-15)23(24)28/h2-12H,13H2,1H3,(H2,24,28). The molecule has 0 unspecified atom stereocenters. The summed E-state index contributed by atoms with van der Waals surface area (Å²) in [5.74, 6) is 1.67. The summed E-state index contributed by atoms with van der Waals surface area (Å²) in [6.07, 6.45) is 0. The maximum Gasteiger partial charge on any atom is 0.248 e. The topological polar surface area (TPSA) is 92.3 Å². The van der Waals surface area contributed by atoms with Crippen molar-refractivity contribution in [3.05, 3.63) is 78.0 Å². The molecule has 0 saturated carbocycles. The summed E-state index contributed by atoms with van der Waals surface area (Å²) < 4.78 is 12.8. The molecule has 2 N–H and O–H groups in total. The number of nitrogens with zero attached hydrogens (tertiary/aromatic N) is 3. The monoisotopic (exact) mass is 398 g/mol. The fourth-order valence-corrected chi connectivity index (χ4v) is 3.41. The van der Waals surface area contributed by atoms with Gasteiger partial charge in [-0.2, -0.15) is 5.10 Å². The Hall–Kier alpha value is -4.13. The van der Waals surface area contributed by atoms with Gasteiger partial charge in [0.15, 0.2) is 17.3 Å². The van der Waals surface area contributed by atoms with Gasteiger partial charge in [-0.15, -0.1) is 0 Å². The van der Waals surface area contributed by atoms with Crippen LogP contribution in [-0.4, -0.2) is 27.5 Å². The number of aromatic nitrogens is 3. The van der Waals surface area contributed by atoms with Crippen LogP contribution in [0.15, 0.2) is 66.7 Å². The average molecular weight is 398 g/mol. The summed E-state index contributed by atoms with van der Waals surface area (Å²) in [5.41, 5.74) is 10.1. The van der Waals surface area contributed by atoms with E-state index in [0.717, 1.165) is 34.0 Å². The Kier molecular flexibility index (Phi) is 4.21. The molecule has 0 atom stereocenters. The smallest absolute Gasteiger partial charge is 0.248 e. The second-order valence-electron chi connectivity index (χ2n) is 6.97. The lowest BCUT2D eigenvalue weighted by Crippen LogP contribution is -2.10. The van der Waals surface area contributed by atoms with Crippen molar-refractivity contribution in [3.8, 4) is 39.8 Å². The zero-order valence-corrected chi connectivity index (χ0v) is 16.2. The molecule has 148 valence electrons. The van der Waals surface area contributed by atoms with E-state index in [4.69, 9.17) is 20.3 Å². The van der Waals surface area contributed by atoms with Crippen LogP contribution in [0.4, 0.5) is 0 Å². The Balaban J connectivity index is 1.65. The number of carbonyl (C=O) groups excluding carboxylic acids is 1. The number of nitrogens with two attached hydrogens (primary N) is 1. The SMILES string of the molecule is Cc1cccc(-n2nc(-c3ccc(C(N)=O)cc3)cc2-c2ccc3c(c2)OCO3)n1. The van der Waals surface area contributed by atoms with Crippen LogP contribution < -0.4 is 15.2 Å². The number of fused-ring (bicyclic) bond motifs is 1. The van der Waals surface area contributed by atoms with Gasteiger partial charge in [0.05, 0.1) is 11.4 Å². The number of amides is 1. The number of pyridine rings is 1. The largest absolute Gasteiger partial charge is 0.454 e. The zero-order valence-electron chi connectivity index (χ0n) is 16.2. The van der Waals surface area contributed by atoms with E-state index in [0.29, 0.717) is 17.1 Å². The molecule has 7 heteroatoms. The van der Waals surface area contributed by atoms with Crippen LogP contribution in [0.1, 0.15) is 16.1 Å². The van der Waals surface area contributed by atoms with E-state index in [-0.39, 0.29) is 6.79 Å². The molecular weight excluding hydrogens is 380 g/mol.